The van der Waals surface area contributed by atoms with Gasteiger partial charge in [-0.1, -0.05) is 25.5 Å². The lowest BCUT2D eigenvalue weighted by Gasteiger charge is -2.21. The number of unbranched alkanes of at least 4 members (excludes halogenated alkanes) is 1. The van der Waals surface area contributed by atoms with Gasteiger partial charge in [0.1, 0.15) is 5.75 Å². The van der Waals surface area contributed by atoms with Crippen molar-refractivity contribution in [3.05, 3.63) is 59.7 Å². The first-order valence-electron chi connectivity index (χ1n) is 9.26. The predicted molar refractivity (Wildman–Crippen MR) is 108 cm³/mol. The van der Waals surface area contributed by atoms with E-state index in [1.807, 2.05) is 20.8 Å². The molecule has 27 heavy (non-hydrogen) atoms. The van der Waals surface area contributed by atoms with Crippen LogP contribution >= 0.6 is 0 Å². The highest BCUT2D eigenvalue weighted by atomic mass is 16.5. The molecule has 0 saturated carbocycles. The molecule has 0 fully saturated rings. The van der Waals surface area contributed by atoms with Crippen molar-refractivity contribution in [1.29, 1.82) is 0 Å². The number of carbonyl (C=O) groups is 2. The average molecular weight is 368 g/mol. The fourth-order valence-electron chi connectivity index (χ4n) is 2.43. The molecule has 5 nitrogen and oxygen atoms in total. The first kappa shape index (κ1) is 20.5. The second-order valence-corrected chi connectivity index (χ2v) is 7.43. The van der Waals surface area contributed by atoms with Crippen molar-refractivity contribution in [3.8, 4) is 5.75 Å². The average Bonchev–Trinajstić information content (AvgIpc) is 2.61. The van der Waals surface area contributed by atoms with E-state index in [2.05, 4.69) is 17.6 Å². The first-order valence-corrected chi connectivity index (χ1v) is 9.26. The van der Waals surface area contributed by atoms with Crippen LogP contribution in [-0.4, -0.2) is 24.0 Å². The first-order chi connectivity index (χ1) is 12.8. The molecule has 0 spiro atoms. The molecule has 2 aromatic carbocycles. The Labute approximate surface area is 161 Å². The van der Waals surface area contributed by atoms with Crippen molar-refractivity contribution in [1.82, 2.24) is 5.32 Å². The molecule has 0 aliphatic carbocycles. The summed E-state index contributed by atoms with van der Waals surface area (Å²) in [6.45, 7) is 8.51. The molecule has 0 aliphatic heterocycles. The van der Waals surface area contributed by atoms with Crippen LogP contribution in [0, 0.1) is 0 Å². The molecule has 2 N–H and O–H groups in total. The molecule has 0 aromatic heterocycles. The van der Waals surface area contributed by atoms with Crippen molar-refractivity contribution >= 4 is 17.5 Å². The van der Waals surface area contributed by atoms with Crippen LogP contribution in [0.1, 0.15) is 61.3 Å². The Morgan fingerprint density at radius 1 is 0.963 bits per heavy atom. The second-order valence-electron chi connectivity index (χ2n) is 7.43. The van der Waals surface area contributed by atoms with E-state index in [1.165, 1.54) is 0 Å². The lowest BCUT2D eigenvalue weighted by Crippen LogP contribution is -2.40. The van der Waals surface area contributed by atoms with Crippen molar-refractivity contribution in [2.24, 2.45) is 0 Å². The zero-order valence-electron chi connectivity index (χ0n) is 16.5. The number of rotatable bonds is 7. The molecular weight excluding hydrogens is 340 g/mol. The third-order valence-corrected chi connectivity index (χ3v) is 3.79. The molecule has 2 amide bonds. The van der Waals surface area contributed by atoms with Crippen LogP contribution in [0.3, 0.4) is 0 Å². The Hall–Kier alpha value is -2.82. The summed E-state index contributed by atoms with van der Waals surface area (Å²) in [7, 11) is 0. The maximum absolute atomic E-state index is 12.6. The van der Waals surface area contributed by atoms with E-state index in [-0.39, 0.29) is 17.4 Å². The van der Waals surface area contributed by atoms with E-state index in [4.69, 9.17) is 4.74 Å². The maximum atomic E-state index is 12.6. The molecule has 144 valence electrons. The van der Waals surface area contributed by atoms with Crippen LogP contribution in [0.2, 0.25) is 0 Å². The zero-order valence-corrected chi connectivity index (χ0v) is 16.5. The van der Waals surface area contributed by atoms with Gasteiger partial charge < -0.3 is 15.4 Å². The molecule has 2 rings (SSSR count). The standard InChI is InChI=1S/C22H28N2O3/c1-5-6-15-27-17-13-11-16(12-14-17)20(25)23-19-10-8-7-9-18(19)21(26)24-22(2,3)4/h7-14H,5-6,15H2,1-4H3,(H,23,25)(H,24,26). The van der Waals surface area contributed by atoms with Gasteiger partial charge in [0.15, 0.2) is 0 Å². The van der Waals surface area contributed by atoms with Crippen LogP contribution in [0.15, 0.2) is 48.5 Å². The van der Waals surface area contributed by atoms with Crippen LogP contribution in [0.5, 0.6) is 5.75 Å². The fraction of sp³-hybridized carbons (Fsp3) is 0.364. The molecule has 0 heterocycles. The van der Waals surface area contributed by atoms with Gasteiger partial charge in [0, 0.05) is 11.1 Å². The number of anilines is 1. The summed E-state index contributed by atoms with van der Waals surface area (Å²) in [5, 5.41) is 5.74. The monoisotopic (exact) mass is 368 g/mol. The van der Waals surface area contributed by atoms with Gasteiger partial charge in [-0.15, -0.1) is 0 Å². The van der Waals surface area contributed by atoms with Crippen molar-refractivity contribution in [2.45, 2.75) is 46.1 Å². The Kier molecular flexibility index (Phi) is 6.99. The largest absolute Gasteiger partial charge is 0.494 e. The molecule has 0 aliphatic rings. The molecule has 5 heteroatoms. The van der Waals surface area contributed by atoms with Crippen LogP contribution in [0.25, 0.3) is 0 Å². The quantitative estimate of drug-likeness (QED) is 0.699. The number of carbonyl (C=O) groups excluding carboxylic acids is 2. The SMILES string of the molecule is CCCCOc1ccc(C(=O)Nc2ccccc2C(=O)NC(C)(C)C)cc1. The highest BCUT2D eigenvalue weighted by Gasteiger charge is 2.19. The molecule has 0 bridgehead atoms. The minimum atomic E-state index is -0.359. The molecule has 0 atom stereocenters. The number of hydrogen-bond donors (Lipinski definition) is 2. The normalized spacial score (nSPS) is 11.0. The maximum Gasteiger partial charge on any atom is 0.255 e. The lowest BCUT2D eigenvalue weighted by molar-refractivity contribution is 0.0920. The minimum Gasteiger partial charge on any atom is -0.494 e. The Morgan fingerprint density at radius 2 is 1.63 bits per heavy atom. The number of nitrogens with one attached hydrogen (secondary N) is 2. The second kappa shape index (κ2) is 9.21. The Balaban J connectivity index is 2.08. The van der Waals surface area contributed by atoms with Gasteiger partial charge in [0.05, 0.1) is 17.9 Å². The summed E-state index contributed by atoms with van der Waals surface area (Å²) in [6.07, 6.45) is 2.07. The van der Waals surface area contributed by atoms with Crippen molar-refractivity contribution in [2.75, 3.05) is 11.9 Å². The van der Waals surface area contributed by atoms with Gasteiger partial charge in [0.25, 0.3) is 11.8 Å². The summed E-state index contributed by atoms with van der Waals surface area (Å²) in [4.78, 5) is 25.1. The van der Waals surface area contributed by atoms with Gasteiger partial charge in [-0.05, 0) is 63.6 Å². The lowest BCUT2D eigenvalue weighted by atomic mass is 10.1. The van der Waals surface area contributed by atoms with Crippen LogP contribution < -0.4 is 15.4 Å². The van der Waals surface area contributed by atoms with E-state index < -0.39 is 0 Å². The molecule has 0 unspecified atom stereocenters. The summed E-state index contributed by atoms with van der Waals surface area (Å²) >= 11 is 0. The third-order valence-electron chi connectivity index (χ3n) is 3.79. The minimum absolute atomic E-state index is 0.224. The number of para-hydroxylation sites is 1. The van der Waals surface area contributed by atoms with E-state index in [1.54, 1.807) is 48.5 Å². The highest BCUT2D eigenvalue weighted by molar-refractivity contribution is 6.09. The van der Waals surface area contributed by atoms with E-state index >= 15 is 0 Å². The van der Waals surface area contributed by atoms with E-state index in [0.29, 0.717) is 23.4 Å². The van der Waals surface area contributed by atoms with Gasteiger partial charge in [-0.25, -0.2) is 0 Å². The smallest absolute Gasteiger partial charge is 0.255 e. The number of benzene rings is 2. The predicted octanol–water partition coefficient (Wildman–Crippen LogP) is 4.65. The molecule has 2 aromatic rings. The number of hydrogen-bond acceptors (Lipinski definition) is 3. The third kappa shape index (κ3) is 6.44. The number of ether oxygens (including phenoxy) is 1. The van der Waals surface area contributed by atoms with Crippen molar-refractivity contribution < 1.29 is 14.3 Å². The van der Waals surface area contributed by atoms with E-state index in [0.717, 1.165) is 18.6 Å². The summed E-state index contributed by atoms with van der Waals surface area (Å²) < 4.78 is 5.61. The van der Waals surface area contributed by atoms with E-state index in [9.17, 15) is 9.59 Å². The zero-order chi connectivity index (χ0) is 19.9. The molecule has 0 radical (unpaired) electrons. The molecular formula is C22H28N2O3. The summed E-state index contributed by atoms with van der Waals surface area (Å²) in [5.41, 5.74) is 1.05. The Bertz CT molecular complexity index is 777. The van der Waals surface area contributed by atoms with Crippen molar-refractivity contribution in [3.63, 3.8) is 0 Å². The highest BCUT2D eigenvalue weighted by Crippen LogP contribution is 2.19. The molecule has 0 saturated heterocycles. The fourth-order valence-corrected chi connectivity index (χ4v) is 2.43. The van der Waals surface area contributed by atoms with Gasteiger partial charge in [-0.2, -0.15) is 0 Å². The van der Waals surface area contributed by atoms with Gasteiger partial charge in [0.2, 0.25) is 0 Å². The number of amides is 2. The van der Waals surface area contributed by atoms with Gasteiger partial charge >= 0.3 is 0 Å². The topological polar surface area (TPSA) is 67.4 Å². The summed E-state index contributed by atoms with van der Waals surface area (Å²) in [5.74, 6) is 0.245. The van der Waals surface area contributed by atoms with Crippen LogP contribution in [-0.2, 0) is 0 Å². The van der Waals surface area contributed by atoms with Crippen LogP contribution in [0.4, 0.5) is 5.69 Å². The Morgan fingerprint density at radius 3 is 2.26 bits per heavy atom. The summed E-state index contributed by atoms with van der Waals surface area (Å²) in [6, 6.07) is 14.0. The van der Waals surface area contributed by atoms with Gasteiger partial charge in [-0.3, -0.25) is 9.59 Å².